The van der Waals surface area contributed by atoms with Gasteiger partial charge in [-0.05, 0) is 36.6 Å². The predicted octanol–water partition coefficient (Wildman–Crippen LogP) is 3.38. The molecule has 15 heavy (non-hydrogen) atoms. The summed E-state index contributed by atoms with van der Waals surface area (Å²) < 4.78 is 0. The molecule has 0 spiro atoms. The molecule has 0 saturated heterocycles. The van der Waals surface area contributed by atoms with Crippen molar-refractivity contribution in [2.45, 2.75) is 38.5 Å². The molecule has 1 atom stereocenters. The lowest BCUT2D eigenvalue weighted by Gasteiger charge is -2.25. The molecule has 0 aliphatic carbocycles. The minimum Gasteiger partial charge on any atom is -0.330 e. The highest BCUT2D eigenvalue weighted by Gasteiger charge is 2.21. The van der Waals surface area contributed by atoms with Gasteiger partial charge < -0.3 is 5.73 Å². The van der Waals surface area contributed by atoms with E-state index in [-0.39, 0.29) is 0 Å². The van der Waals surface area contributed by atoms with Crippen molar-refractivity contribution in [3.8, 4) is 0 Å². The zero-order chi connectivity index (χ0) is 11.5. The predicted molar refractivity (Wildman–Crippen MR) is 71.1 cm³/mol. The van der Waals surface area contributed by atoms with Gasteiger partial charge in [-0.1, -0.05) is 43.9 Å². The van der Waals surface area contributed by atoms with Gasteiger partial charge in [0, 0.05) is 8.07 Å². The average molecular weight is 221 g/mol. The fraction of sp³-hybridized carbons (Fsp3) is 0.538. The second kappa shape index (κ2) is 4.95. The summed E-state index contributed by atoms with van der Waals surface area (Å²) in [7, 11) is -1.03. The van der Waals surface area contributed by atoms with Gasteiger partial charge in [0.2, 0.25) is 0 Å². The third-order valence-corrected chi connectivity index (χ3v) is 4.49. The molecule has 2 heteroatoms. The van der Waals surface area contributed by atoms with Crippen LogP contribution in [-0.4, -0.2) is 14.6 Å². The molecule has 84 valence electrons. The first kappa shape index (κ1) is 12.5. The molecule has 1 aromatic rings. The fourth-order valence-electron chi connectivity index (χ4n) is 2.10. The van der Waals surface area contributed by atoms with E-state index in [2.05, 4.69) is 50.8 Å². The maximum absolute atomic E-state index is 5.90. The van der Waals surface area contributed by atoms with E-state index in [1.807, 2.05) is 0 Å². The molecule has 0 aromatic heterocycles. The van der Waals surface area contributed by atoms with Gasteiger partial charge >= 0.3 is 0 Å². The Morgan fingerprint density at radius 2 is 1.80 bits per heavy atom. The Balaban J connectivity index is 2.88. The Morgan fingerprint density at radius 3 is 2.27 bits per heavy atom. The molecule has 0 bridgehead atoms. The molecule has 0 saturated carbocycles. The minimum absolute atomic E-state index is 0.554. The summed E-state index contributed by atoms with van der Waals surface area (Å²) in [5, 5.41) is 0. The van der Waals surface area contributed by atoms with Crippen LogP contribution in [0.15, 0.2) is 24.3 Å². The van der Waals surface area contributed by atoms with Crippen LogP contribution in [0, 0.1) is 6.92 Å². The van der Waals surface area contributed by atoms with Crippen LogP contribution in [0.3, 0.4) is 0 Å². The van der Waals surface area contributed by atoms with Gasteiger partial charge in [-0.2, -0.15) is 0 Å². The highest BCUT2D eigenvalue weighted by atomic mass is 28.3. The number of nitrogens with two attached hydrogens (primary N) is 1. The van der Waals surface area contributed by atoms with Crippen molar-refractivity contribution in [2.24, 2.45) is 5.73 Å². The molecule has 2 N–H and O–H groups in total. The number of rotatable bonds is 4. The number of aryl methyl sites for hydroxylation is 1. The number of benzene rings is 1. The first-order valence-corrected chi connectivity index (χ1v) is 9.40. The SMILES string of the molecule is Cc1ccccc1C(CN)C[Si](C)(C)C. The summed E-state index contributed by atoms with van der Waals surface area (Å²) in [6, 6.07) is 9.92. The fourth-order valence-corrected chi connectivity index (χ4v) is 3.97. The van der Waals surface area contributed by atoms with Crippen LogP contribution in [0.4, 0.5) is 0 Å². The van der Waals surface area contributed by atoms with E-state index >= 15 is 0 Å². The maximum atomic E-state index is 5.90. The van der Waals surface area contributed by atoms with Crippen molar-refractivity contribution in [1.29, 1.82) is 0 Å². The van der Waals surface area contributed by atoms with Crippen molar-refractivity contribution in [2.75, 3.05) is 6.54 Å². The Kier molecular flexibility index (Phi) is 4.11. The highest BCUT2D eigenvalue weighted by molar-refractivity contribution is 6.76. The van der Waals surface area contributed by atoms with Gasteiger partial charge in [-0.3, -0.25) is 0 Å². The Morgan fingerprint density at radius 1 is 1.20 bits per heavy atom. The van der Waals surface area contributed by atoms with E-state index in [1.165, 1.54) is 17.2 Å². The van der Waals surface area contributed by atoms with Gasteiger partial charge in [0.15, 0.2) is 0 Å². The second-order valence-corrected chi connectivity index (χ2v) is 11.1. The van der Waals surface area contributed by atoms with Crippen LogP contribution in [0.2, 0.25) is 25.7 Å². The van der Waals surface area contributed by atoms with Crippen molar-refractivity contribution in [3.05, 3.63) is 35.4 Å². The van der Waals surface area contributed by atoms with Crippen LogP contribution in [0.1, 0.15) is 17.0 Å². The zero-order valence-electron chi connectivity index (χ0n) is 10.4. The van der Waals surface area contributed by atoms with Crippen molar-refractivity contribution in [1.82, 2.24) is 0 Å². The lowest BCUT2D eigenvalue weighted by molar-refractivity contribution is 0.754. The van der Waals surface area contributed by atoms with Gasteiger partial charge in [-0.15, -0.1) is 0 Å². The van der Waals surface area contributed by atoms with Crippen LogP contribution < -0.4 is 5.73 Å². The van der Waals surface area contributed by atoms with Gasteiger partial charge in [-0.25, -0.2) is 0 Å². The summed E-state index contributed by atoms with van der Waals surface area (Å²) in [4.78, 5) is 0. The maximum Gasteiger partial charge on any atom is 0.0449 e. The lowest BCUT2D eigenvalue weighted by atomic mass is 9.96. The van der Waals surface area contributed by atoms with E-state index in [1.54, 1.807) is 0 Å². The standard InChI is InChI=1S/C13H23NSi/c1-11-7-5-6-8-13(11)12(9-14)10-15(2,3)4/h5-8,12H,9-10,14H2,1-4H3. The van der Waals surface area contributed by atoms with Gasteiger partial charge in [0.1, 0.15) is 0 Å². The molecule has 0 fully saturated rings. The first-order valence-electron chi connectivity index (χ1n) is 5.69. The van der Waals surface area contributed by atoms with Gasteiger partial charge in [0.25, 0.3) is 0 Å². The van der Waals surface area contributed by atoms with E-state index in [0.717, 1.165) is 6.54 Å². The Labute approximate surface area is 94.7 Å². The normalized spacial score (nSPS) is 13.9. The molecule has 1 rings (SSSR count). The largest absolute Gasteiger partial charge is 0.330 e. The molecule has 1 aromatic carbocycles. The van der Waals surface area contributed by atoms with E-state index in [9.17, 15) is 0 Å². The van der Waals surface area contributed by atoms with Crippen LogP contribution in [0.5, 0.6) is 0 Å². The van der Waals surface area contributed by atoms with Crippen molar-refractivity contribution >= 4 is 8.07 Å². The first-order chi connectivity index (χ1) is 6.94. The van der Waals surface area contributed by atoms with Crippen LogP contribution in [-0.2, 0) is 0 Å². The number of hydrogen-bond donors (Lipinski definition) is 1. The smallest absolute Gasteiger partial charge is 0.0449 e. The molecule has 0 aliphatic heterocycles. The third-order valence-electron chi connectivity index (χ3n) is 2.77. The zero-order valence-corrected chi connectivity index (χ0v) is 11.4. The summed E-state index contributed by atoms with van der Waals surface area (Å²) in [6.07, 6.45) is 0. The molecule has 1 unspecified atom stereocenters. The number of hydrogen-bond acceptors (Lipinski definition) is 1. The van der Waals surface area contributed by atoms with Gasteiger partial charge in [0.05, 0.1) is 0 Å². The molecule has 0 radical (unpaired) electrons. The van der Waals surface area contributed by atoms with E-state index in [0.29, 0.717) is 5.92 Å². The average Bonchev–Trinajstić information content (AvgIpc) is 2.14. The molecular formula is C13H23NSi. The quantitative estimate of drug-likeness (QED) is 0.775. The second-order valence-electron chi connectivity index (χ2n) is 5.55. The minimum atomic E-state index is -1.03. The molecule has 0 heterocycles. The summed E-state index contributed by atoms with van der Waals surface area (Å²) >= 11 is 0. The van der Waals surface area contributed by atoms with Crippen molar-refractivity contribution in [3.63, 3.8) is 0 Å². The van der Waals surface area contributed by atoms with Crippen LogP contribution >= 0.6 is 0 Å². The molecule has 0 amide bonds. The molecule has 1 nitrogen and oxygen atoms in total. The molecule has 0 aliphatic rings. The highest BCUT2D eigenvalue weighted by Crippen LogP contribution is 2.27. The summed E-state index contributed by atoms with van der Waals surface area (Å²) in [5.41, 5.74) is 8.73. The monoisotopic (exact) mass is 221 g/mol. The van der Waals surface area contributed by atoms with Crippen LogP contribution in [0.25, 0.3) is 0 Å². The summed E-state index contributed by atoms with van der Waals surface area (Å²) in [5.74, 6) is 0.554. The third kappa shape index (κ3) is 3.80. The molecular weight excluding hydrogens is 198 g/mol. The van der Waals surface area contributed by atoms with E-state index < -0.39 is 8.07 Å². The van der Waals surface area contributed by atoms with E-state index in [4.69, 9.17) is 5.73 Å². The Bertz CT molecular complexity index is 315. The van der Waals surface area contributed by atoms with Crippen molar-refractivity contribution < 1.29 is 0 Å². The lowest BCUT2D eigenvalue weighted by Crippen LogP contribution is -2.27. The Hall–Kier alpha value is -0.603. The summed E-state index contributed by atoms with van der Waals surface area (Å²) in [6.45, 7) is 10.2. The topological polar surface area (TPSA) is 26.0 Å².